The number of anilines is 1. The molecule has 0 bridgehead atoms. The average molecular weight is 202 g/mol. The lowest BCUT2D eigenvalue weighted by Gasteiger charge is -2.02. The molecule has 0 unspecified atom stereocenters. The summed E-state index contributed by atoms with van der Waals surface area (Å²) in [6, 6.07) is 8.49. The highest BCUT2D eigenvalue weighted by Crippen LogP contribution is 2.17. The molecular formula is C12H14N2O. The monoisotopic (exact) mass is 202 g/mol. The third-order valence-electron chi connectivity index (χ3n) is 2.53. The van der Waals surface area contributed by atoms with E-state index < -0.39 is 0 Å². The summed E-state index contributed by atoms with van der Waals surface area (Å²) in [5.41, 5.74) is 8.93. The third-order valence-corrected chi connectivity index (χ3v) is 2.53. The maximum atomic E-state index is 5.49. The molecule has 3 nitrogen and oxygen atoms in total. The smallest absolute Gasteiger partial charge is 0.292 e. The van der Waals surface area contributed by atoms with Gasteiger partial charge in [0.2, 0.25) is 0 Å². The van der Waals surface area contributed by atoms with Gasteiger partial charge in [-0.05, 0) is 25.0 Å². The highest BCUT2D eigenvalue weighted by atomic mass is 16.4. The SMILES string of the molecule is Cc1ccccc1Cc1nc(N)oc1C. The largest absolute Gasteiger partial charge is 0.429 e. The van der Waals surface area contributed by atoms with Crippen LogP contribution in [0, 0.1) is 13.8 Å². The molecule has 1 aromatic carbocycles. The topological polar surface area (TPSA) is 52.0 Å². The number of aromatic nitrogens is 1. The van der Waals surface area contributed by atoms with Crippen molar-refractivity contribution >= 4 is 6.01 Å². The van der Waals surface area contributed by atoms with Crippen molar-refractivity contribution in [3.05, 3.63) is 46.8 Å². The Balaban J connectivity index is 2.29. The minimum Gasteiger partial charge on any atom is -0.429 e. The van der Waals surface area contributed by atoms with Crippen molar-refractivity contribution in [2.24, 2.45) is 0 Å². The van der Waals surface area contributed by atoms with Crippen LogP contribution < -0.4 is 5.73 Å². The van der Waals surface area contributed by atoms with E-state index in [1.165, 1.54) is 11.1 Å². The molecule has 0 saturated heterocycles. The highest BCUT2D eigenvalue weighted by molar-refractivity contribution is 5.31. The first-order chi connectivity index (χ1) is 7.16. The lowest BCUT2D eigenvalue weighted by atomic mass is 10.0. The first-order valence-electron chi connectivity index (χ1n) is 4.93. The zero-order valence-corrected chi connectivity index (χ0v) is 8.95. The molecule has 2 rings (SSSR count). The van der Waals surface area contributed by atoms with Crippen LogP contribution in [0.4, 0.5) is 6.01 Å². The van der Waals surface area contributed by atoms with Crippen LogP contribution in [-0.4, -0.2) is 4.98 Å². The van der Waals surface area contributed by atoms with E-state index in [1.54, 1.807) is 0 Å². The Bertz CT molecular complexity index is 474. The normalized spacial score (nSPS) is 10.5. The molecule has 2 aromatic rings. The second-order valence-electron chi connectivity index (χ2n) is 3.66. The van der Waals surface area contributed by atoms with E-state index in [0.29, 0.717) is 0 Å². The summed E-state index contributed by atoms with van der Waals surface area (Å²) < 4.78 is 5.19. The third kappa shape index (κ3) is 2.01. The molecular weight excluding hydrogens is 188 g/mol. The summed E-state index contributed by atoms with van der Waals surface area (Å²) in [6.45, 7) is 3.98. The summed E-state index contributed by atoms with van der Waals surface area (Å²) in [7, 11) is 0. The van der Waals surface area contributed by atoms with Gasteiger partial charge in [0.05, 0.1) is 5.69 Å². The van der Waals surface area contributed by atoms with E-state index >= 15 is 0 Å². The minimum atomic E-state index is 0.246. The lowest BCUT2D eigenvalue weighted by molar-refractivity contribution is 0.545. The summed E-state index contributed by atoms with van der Waals surface area (Å²) >= 11 is 0. The number of oxazole rings is 1. The van der Waals surface area contributed by atoms with Gasteiger partial charge < -0.3 is 10.2 Å². The minimum absolute atomic E-state index is 0.246. The average Bonchev–Trinajstić information content (AvgIpc) is 2.49. The Kier molecular flexibility index (Phi) is 2.46. The zero-order chi connectivity index (χ0) is 10.8. The van der Waals surface area contributed by atoms with Crippen molar-refractivity contribution in [3.63, 3.8) is 0 Å². The van der Waals surface area contributed by atoms with Gasteiger partial charge in [0.15, 0.2) is 0 Å². The van der Waals surface area contributed by atoms with Gasteiger partial charge >= 0.3 is 0 Å². The standard InChI is InChI=1S/C12H14N2O/c1-8-5-3-4-6-10(8)7-11-9(2)15-12(13)14-11/h3-6H,7H2,1-2H3,(H2,13,14). The summed E-state index contributed by atoms with van der Waals surface area (Å²) in [6.07, 6.45) is 0.777. The van der Waals surface area contributed by atoms with Crippen LogP contribution in [0.5, 0.6) is 0 Å². The number of rotatable bonds is 2. The van der Waals surface area contributed by atoms with Crippen molar-refractivity contribution in [1.29, 1.82) is 0 Å². The van der Waals surface area contributed by atoms with Gasteiger partial charge in [0.1, 0.15) is 5.76 Å². The summed E-state index contributed by atoms with van der Waals surface area (Å²) in [5, 5.41) is 0. The van der Waals surface area contributed by atoms with Gasteiger partial charge in [0, 0.05) is 6.42 Å². The fraction of sp³-hybridized carbons (Fsp3) is 0.250. The molecule has 1 heterocycles. The molecule has 0 atom stereocenters. The van der Waals surface area contributed by atoms with Gasteiger partial charge in [-0.15, -0.1) is 0 Å². The molecule has 0 aliphatic heterocycles. The Morgan fingerprint density at radius 1 is 1.27 bits per heavy atom. The van der Waals surface area contributed by atoms with Crippen molar-refractivity contribution in [1.82, 2.24) is 4.98 Å². The van der Waals surface area contributed by atoms with Gasteiger partial charge in [-0.1, -0.05) is 24.3 Å². The number of hydrogen-bond donors (Lipinski definition) is 1. The summed E-state index contributed by atoms with van der Waals surface area (Å²) in [4.78, 5) is 4.16. The van der Waals surface area contributed by atoms with Crippen molar-refractivity contribution in [2.45, 2.75) is 20.3 Å². The quantitative estimate of drug-likeness (QED) is 0.813. The lowest BCUT2D eigenvalue weighted by Crippen LogP contribution is -1.94. The van der Waals surface area contributed by atoms with Crippen LogP contribution >= 0.6 is 0 Å². The molecule has 0 saturated carbocycles. The van der Waals surface area contributed by atoms with E-state index in [-0.39, 0.29) is 6.01 Å². The van der Waals surface area contributed by atoms with Crippen molar-refractivity contribution < 1.29 is 4.42 Å². The first kappa shape index (κ1) is 9.77. The van der Waals surface area contributed by atoms with E-state index in [0.717, 1.165) is 17.9 Å². The molecule has 0 amide bonds. The number of aryl methyl sites for hydroxylation is 2. The number of nitrogens with two attached hydrogens (primary N) is 1. The molecule has 0 spiro atoms. The number of nitrogen functional groups attached to an aromatic ring is 1. The predicted octanol–water partition coefficient (Wildman–Crippen LogP) is 2.46. The van der Waals surface area contributed by atoms with E-state index in [1.807, 2.05) is 19.1 Å². The molecule has 0 aliphatic carbocycles. The Labute approximate surface area is 88.9 Å². The number of benzene rings is 1. The van der Waals surface area contributed by atoms with Crippen molar-refractivity contribution in [2.75, 3.05) is 5.73 Å². The fourth-order valence-electron chi connectivity index (χ4n) is 1.60. The molecule has 15 heavy (non-hydrogen) atoms. The number of hydrogen-bond acceptors (Lipinski definition) is 3. The Hall–Kier alpha value is -1.77. The number of nitrogens with zero attached hydrogens (tertiary/aromatic N) is 1. The van der Waals surface area contributed by atoms with Crippen LogP contribution in [0.25, 0.3) is 0 Å². The second-order valence-corrected chi connectivity index (χ2v) is 3.66. The van der Waals surface area contributed by atoms with E-state index in [4.69, 9.17) is 10.2 Å². The predicted molar refractivity (Wildman–Crippen MR) is 59.6 cm³/mol. The van der Waals surface area contributed by atoms with Crippen LogP contribution in [0.1, 0.15) is 22.6 Å². The Morgan fingerprint density at radius 3 is 2.60 bits per heavy atom. The van der Waals surface area contributed by atoms with Crippen LogP contribution in [0.3, 0.4) is 0 Å². The fourth-order valence-corrected chi connectivity index (χ4v) is 1.60. The van der Waals surface area contributed by atoms with Crippen LogP contribution in [0.2, 0.25) is 0 Å². The molecule has 2 N–H and O–H groups in total. The van der Waals surface area contributed by atoms with Crippen molar-refractivity contribution in [3.8, 4) is 0 Å². The van der Waals surface area contributed by atoms with Gasteiger partial charge in [-0.2, -0.15) is 4.98 Å². The van der Waals surface area contributed by atoms with E-state index in [2.05, 4.69) is 24.0 Å². The maximum Gasteiger partial charge on any atom is 0.292 e. The molecule has 0 fully saturated rings. The second kappa shape index (κ2) is 3.77. The van der Waals surface area contributed by atoms with Gasteiger partial charge in [0.25, 0.3) is 6.01 Å². The molecule has 3 heteroatoms. The van der Waals surface area contributed by atoms with E-state index in [9.17, 15) is 0 Å². The maximum absolute atomic E-state index is 5.49. The molecule has 1 aromatic heterocycles. The van der Waals surface area contributed by atoms with Crippen LogP contribution in [-0.2, 0) is 6.42 Å². The van der Waals surface area contributed by atoms with Gasteiger partial charge in [-0.3, -0.25) is 0 Å². The highest BCUT2D eigenvalue weighted by Gasteiger charge is 2.08. The summed E-state index contributed by atoms with van der Waals surface area (Å²) in [5.74, 6) is 0.802. The van der Waals surface area contributed by atoms with Crippen LogP contribution in [0.15, 0.2) is 28.7 Å². The van der Waals surface area contributed by atoms with Gasteiger partial charge in [-0.25, -0.2) is 0 Å². The molecule has 0 radical (unpaired) electrons. The molecule has 0 aliphatic rings. The first-order valence-corrected chi connectivity index (χ1v) is 4.93. The molecule has 78 valence electrons. The Morgan fingerprint density at radius 2 is 2.00 bits per heavy atom. The zero-order valence-electron chi connectivity index (χ0n) is 8.95.